The van der Waals surface area contributed by atoms with Crippen molar-refractivity contribution in [2.75, 3.05) is 38.6 Å². The Morgan fingerprint density at radius 2 is 1.80 bits per heavy atom. The van der Waals surface area contributed by atoms with E-state index in [1.807, 2.05) is 43.3 Å². The molecule has 1 aromatic carbocycles. The van der Waals surface area contributed by atoms with Crippen LogP contribution in [0, 0.1) is 6.92 Å². The van der Waals surface area contributed by atoms with E-state index in [9.17, 15) is 4.79 Å². The summed E-state index contributed by atoms with van der Waals surface area (Å²) in [7, 11) is 4.03. The molecule has 0 bridgehead atoms. The molecule has 0 saturated heterocycles. The second-order valence-corrected chi connectivity index (χ2v) is 5.38. The first-order chi connectivity index (χ1) is 9.54. The number of anilines is 1. The fraction of sp³-hybridized carbons (Fsp3) is 0.562. The number of likely N-dealkylation sites (N-methyl/N-ethyl adjacent to an activating group) is 1. The van der Waals surface area contributed by atoms with Crippen LogP contribution in [0.5, 0.6) is 0 Å². The van der Waals surface area contributed by atoms with Crippen LogP contribution in [-0.2, 0) is 0 Å². The first-order valence-electron chi connectivity index (χ1n) is 7.31. The van der Waals surface area contributed by atoms with Gasteiger partial charge >= 0.3 is 6.03 Å². The van der Waals surface area contributed by atoms with Gasteiger partial charge in [-0.2, -0.15) is 0 Å². The summed E-state index contributed by atoms with van der Waals surface area (Å²) in [6, 6.07) is 8.08. The molecular formula is C16H27N3O. The summed E-state index contributed by atoms with van der Waals surface area (Å²) in [4.78, 5) is 16.2. The van der Waals surface area contributed by atoms with Crippen LogP contribution in [0.2, 0.25) is 0 Å². The van der Waals surface area contributed by atoms with Gasteiger partial charge in [0, 0.05) is 25.3 Å². The molecule has 4 nitrogen and oxygen atoms in total. The summed E-state index contributed by atoms with van der Waals surface area (Å²) in [6.45, 7) is 6.44. The molecule has 0 heterocycles. The van der Waals surface area contributed by atoms with Crippen LogP contribution in [-0.4, -0.2) is 44.7 Å². The van der Waals surface area contributed by atoms with Crippen LogP contribution in [0.1, 0.15) is 25.3 Å². The second-order valence-electron chi connectivity index (χ2n) is 5.38. The third-order valence-corrected chi connectivity index (χ3v) is 3.17. The van der Waals surface area contributed by atoms with E-state index in [2.05, 4.69) is 24.1 Å². The van der Waals surface area contributed by atoms with Crippen LogP contribution in [0.4, 0.5) is 10.5 Å². The maximum atomic E-state index is 12.3. The zero-order valence-corrected chi connectivity index (χ0v) is 13.1. The number of unbranched alkanes of at least 4 members (excludes halogenated alkanes) is 1. The highest BCUT2D eigenvalue weighted by Gasteiger charge is 2.15. The van der Waals surface area contributed by atoms with E-state index in [-0.39, 0.29) is 6.03 Å². The van der Waals surface area contributed by atoms with Crippen LogP contribution in [0.25, 0.3) is 0 Å². The molecule has 1 N–H and O–H groups in total. The minimum absolute atomic E-state index is 0.0100. The number of hydrogen-bond acceptors (Lipinski definition) is 2. The van der Waals surface area contributed by atoms with Gasteiger partial charge in [-0.05, 0) is 39.6 Å². The molecule has 2 amide bonds. The van der Waals surface area contributed by atoms with Gasteiger partial charge in [0.05, 0.1) is 0 Å². The van der Waals surface area contributed by atoms with E-state index in [1.165, 1.54) is 5.56 Å². The third kappa shape index (κ3) is 5.61. The number of carbonyl (C=O) groups is 1. The minimum Gasteiger partial charge on any atom is -0.338 e. The molecular weight excluding hydrogens is 250 g/mol. The largest absolute Gasteiger partial charge is 0.338 e. The van der Waals surface area contributed by atoms with Crippen LogP contribution >= 0.6 is 0 Å². The van der Waals surface area contributed by atoms with Crippen molar-refractivity contribution in [1.82, 2.24) is 10.2 Å². The summed E-state index contributed by atoms with van der Waals surface area (Å²) < 4.78 is 0. The van der Waals surface area contributed by atoms with Gasteiger partial charge in [-0.3, -0.25) is 4.90 Å². The molecule has 0 aliphatic carbocycles. The molecule has 20 heavy (non-hydrogen) atoms. The van der Waals surface area contributed by atoms with Gasteiger partial charge in [-0.25, -0.2) is 4.79 Å². The topological polar surface area (TPSA) is 35.6 Å². The Morgan fingerprint density at radius 3 is 2.35 bits per heavy atom. The first-order valence-corrected chi connectivity index (χ1v) is 7.31. The average Bonchev–Trinajstić information content (AvgIpc) is 2.41. The Kier molecular flexibility index (Phi) is 7.09. The fourth-order valence-electron chi connectivity index (χ4n) is 1.84. The second kappa shape index (κ2) is 8.59. The van der Waals surface area contributed by atoms with E-state index in [4.69, 9.17) is 0 Å². The lowest BCUT2D eigenvalue weighted by atomic mass is 10.2. The summed E-state index contributed by atoms with van der Waals surface area (Å²) in [5.74, 6) is 0. The van der Waals surface area contributed by atoms with E-state index in [1.54, 1.807) is 0 Å². The number of nitrogens with one attached hydrogen (secondary N) is 1. The normalized spacial score (nSPS) is 10.7. The molecule has 1 aromatic rings. The summed E-state index contributed by atoms with van der Waals surface area (Å²) in [6.07, 6.45) is 2.10. The molecule has 0 saturated carbocycles. The van der Waals surface area contributed by atoms with Gasteiger partial charge in [-0.1, -0.05) is 31.0 Å². The van der Waals surface area contributed by atoms with Crippen molar-refractivity contribution < 1.29 is 4.79 Å². The third-order valence-electron chi connectivity index (χ3n) is 3.17. The lowest BCUT2D eigenvalue weighted by molar-refractivity contribution is 0.245. The van der Waals surface area contributed by atoms with Crippen LogP contribution in [0.15, 0.2) is 24.3 Å². The predicted octanol–water partition coefficient (Wildman–Crippen LogP) is 2.87. The van der Waals surface area contributed by atoms with Gasteiger partial charge in [-0.15, -0.1) is 0 Å². The highest BCUT2D eigenvalue weighted by atomic mass is 16.2. The number of rotatable bonds is 7. The maximum Gasteiger partial charge on any atom is 0.321 e. The molecule has 0 radical (unpaired) electrons. The van der Waals surface area contributed by atoms with Gasteiger partial charge < -0.3 is 10.2 Å². The lowest BCUT2D eigenvalue weighted by Gasteiger charge is -2.25. The number of hydrogen-bond donors (Lipinski definition) is 1. The number of carbonyl (C=O) groups excluding carboxylic acids is 1. The van der Waals surface area contributed by atoms with Crippen molar-refractivity contribution in [2.24, 2.45) is 0 Å². The van der Waals surface area contributed by atoms with Crippen molar-refractivity contribution in [3.63, 3.8) is 0 Å². The van der Waals surface area contributed by atoms with Crippen LogP contribution < -0.4 is 10.2 Å². The smallest absolute Gasteiger partial charge is 0.321 e. The molecule has 0 atom stereocenters. The van der Waals surface area contributed by atoms with Crippen molar-refractivity contribution in [1.29, 1.82) is 0 Å². The molecule has 0 spiro atoms. The molecule has 0 unspecified atom stereocenters. The number of benzene rings is 1. The molecule has 0 aromatic heterocycles. The van der Waals surface area contributed by atoms with Crippen LogP contribution in [0.3, 0.4) is 0 Å². The summed E-state index contributed by atoms with van der Waals surface area (Å²) in [5, 5.41) is 2.99. The van der Waals surface area contributed by atoms with Gasteiger partial charge in [0.25, 0.3) is 0 Å². The molecule has 112 valence electrons. The minimum atomic E-state index is -0.0100. The van der Waals surface area contributed by atoms with Gasteiger partial charge in [0.15, 0.2) is 0 Å². The SMILES string of the molecule is CCCCNC(=O)N(CCN(C)C)c1ccc(C)cc1. The van der Waals surface area contributed by atoms with E-state index in [0.29, 0.717) is 6.54 Å². The highest BCUT2D eigenvalue weighted by molar-refractivity contribution is 5.91. The summed E-state index contributed by atoms with van der Waals surface area (Å²) >= 11 is 0. The molecule has 0 aliphatic rings. The van der Waals surface area contributed by atoms with E-state index < -0.39 is 0 Å². The lowest BCUT2D eigenvalue weighted by Crippen LogP contribution is -2.43. The quantitative estimate of drug-likeness (QED) is 0.778. The Labute approximate surface area is 122 Å². The number of nitrogens with zero attached hydrogens (tertiary/aromatic N) is 2. The van der Waals surface area contributed by atoms with Crippen molar-refractivity contribution >= 4 is 11.7 Å². The standard InChI is InChI=1S/C16H27N3O/c1-5-6-11-17-16(20)19(13-12-18(3)4)15-9-7-14(2)8-10-15/h7-10H,5-6,11-13H2,1-4H3,(H,17,20). The number of aryl methyl sites for hydroxylation is 1. The average molecular weight is 277 g/mol. The van der Waals surface area contributed by atoms with Gasteiger partial charge in [0.1, 0.15) is 0 Å². The van der Waals surface area contributed by atoms with Crippen molar-refractivity contribution in [3.05, 3.63) is 29.8 Å². The Hall–Kier alpha value is -1.55. The van der Waals surface area contributed by atoms with Crippen molar-refractivity contribution in [2.45, 2.75) is 26.7 Å². The van der Waals surface area contributed by atoms with Crippen molar-refractivity contribution in [3.8, 4) is 0 Å². The zero-order valence-electron chi connectivity index (χ0n) is 13.1. The highest BCUT2D eigenvalue weighted by Crippen LogP contribution is 2.15. The number of amides is 2. The van der Waals surface area contributed by atoms with Gasteiger partial charge in [0.2, 0.25) is 0 Å². The number of urea groups is 1. The molecule has 4 heteroatoms. The molecule has 1 rings (SSSR count). The maximum absolute atomic E-state index is 12.3. The Bertz CT molecular complexity index is 401. The predicted molar refractivity (Wildman–Crippen MR) is 85.4 cm³/mol. The summed E-state index contributed by atoms with van der Waals surface area (Å²) in [5.41, 5.74) is 2.15. The molecule has 0 fully saturated rings. The Balaban J connectivity index is 2.73. The van der Waals surface area contributed by atoms with E-state index in [0.717, 1.165) is 31.6 Å². The Morgan fingerprint density at radius 1 is 1.15 bits per heavy atom. The first kappa shape index (κ1) is 16.5. The van der Waals surface area contributed by atoms with E-state index >= 15 is 0 Å². The molecule has 0 aliphatic heterocycles. The monoisotopic (exact) mass is 277 g/mol. The fourth-order valence-corrected chi connectivity index (χ4v) is 1.84. The zero-order chi connectivity index (χ0) is 15.0.